The van der Waals surface area contributed by atoms with Crippen molar-refractivity contribution in [1.29, 1.82) is 0 Å². The van der Waals surface area contributed by atoms with E-state index in [0.29, 0.717) is 0 Å². The summed E-state index contributed by atoms with van der Waals surface area (Å²) in [5, 5.41) is 27.3. The van der Waals surface area contributed by atoms with Gasteiger partial charge in [0, 0.05) is 5.56 Å². The molecule has 0 radical (unpaired) electrons. The molecule has 0 amide bonds. The summed E-state index contributed by atoms with van der Waals surface area (Å²) in [6.07, 6.45) is 15.1. The molecule has 184 valence electrons. The third-order valence-corrected chi connectivity index (χ3v) is 5.07. The predicted molar refractivity (Wildman–Crippen MR) is 121 cm³/mol. The fourth-order valence-corrected chi connectivity index (χ4v) is 3.54. The van der Waals surface area contributed by atoms with Gasteiger partial charge in [-0.3, -0.25) is 10.5 Å². The molecule has 1 aromatic rings. The second-order valence-electron chi connectivity index (χ2n) is 8.46. The number of halogens is 1. The number of benzene rings is 1. The van der Waals surface area contributed by atoms with Crippen LogP contribution in [0.25, 0.3) is 0 Å². The molecule has 32 heavy (non-hydrogen) atoms. The maximum absolute atomic E-state index is 8.44. The number of hydrogen-bond donors (Lipinski definition) is 3. The van der Waals surface area contributed by atoms with Crippen LogP contribution >= 0.6 is 0 Å². The Morgan fingerprint density at radius 3 is 1.53 bits per heavy atom. The van der Waals surface area contributed by atoms with E-state index in [1.165, 1.54) is 89.2 Å². The van der Waals surface area contributed by atoms with E-state index in [1.807, 2.05) is 0 Å². The van der Waals surface area contributed by atoms with Gasteiger partial charge in [-0.25, -0.2) is 0 Å². The molecule has 0 atom stereocenters. The molecule has 0 aliphatic rings. The van der Waals surface area contributed by atoms with Crippen LogP contribution in [0.5, 0.6) is 0 Å². The fraction of sp³-hybridized carbons (Fsp3) is 0.708. The van der Waals surface area contributed by atoms with Gasteiger partial charge in [0.15, 0.2) is 0 Å². The van der Waals surface area contributed by atoms with Crippen molar-refractivity contribution in [3.63, 3.8) is 0 Å². The summed E-state index contributed by atoms with van der Waals surface area (Å²) in [6, 6.07) is 10.9. The molecule has 0 heterocycles. The van der Waals surface area contributed by atoms with Crippen molar-refractivity contribution in [1.82, 2.24) is 0 Å². The van der Waals surface area contributed by atoms with Crippen molar-refractivity contribution in [3.8, 4) is 0 Å². The first kappa shape index (κ1) is 38.9. The summed E-state index contributed by atoms with van der Waals surface area (Å²) >= 11 is 0. The largest absolute Gasteiger partial charge is 1.00 e. The van der Waals surface area contributed by atoms with E-state index in [2.05, 4.69) is 51.4 Å². The number of hydrogen-bond acceptors (Lipinski definition) is 4. The topological polar surface area (TPSA) is 101 Å². The van der Waals surface area contributed by atoms with Crippen LogP contribution in [0.15, 0.2) is 30.3 Å². The average Bonchev–Trinajstić information content (AvgIpc) is 2.70. The number of rotatable bonds is 15. The van der Waals surface area contributed by atoms with Crippen LogP contribution < -0.4 is 47.1 Å². The minimum absolute atomic E-state index is 0. The van der Waals surface area contributed by atoms with Gasteiger partial charge in [-0.15, -0.1) is 0 Å². The maximum atomic E-state index is 8.44. The number of unbranched alkanes of at least 4 members (excludes halogenated alkanes) is 11. The first-order valence-corrected chi connectivity index (χ1v) is 11.3. The summed E-state index contributed by atoms with van der Waals surface area (Å²) in [4.78, 5) is 8.44. The monoisotopic (exact) mass is 485 g/mol. The van der Waals surface area contributed by atoms with Gasteiger partial charge in [0.1, 0.15) is 6.54 Å². The number of quaternary nitrogens is 1. The number of nitrogens with zero attached hydrogens (tertiary/aromatic N) is 1. The molecule has 0 bridgehead atoms. The molecule has 0 unspecified atom stereocenters. The molecule has 0 fully saturated rings. The minimum Gasteiger partial charge on any atom is -1.00 e. The van der Waals surface area contributed by atoms with Crippen molar-refractivity contribution >= 4 is 6.16 Å². The Hall–Kier alpha value is -0.340. The van der Waals surface area contributed by atoms with Gasteiger partial charge in [0.2, 0.25) is 6.16 Å². The molecule has 0 aromatic heterocycles. The SMILES string of the molecule is CCCCCCCCCCCCCC[N+](C)(C)Cc1ccccc1.O=C([O-])O.OO.[Cl-].[Na+]. The van der Waals surface area contributed by atoms with Gasteiger partial charge in [0.05, 0.1) is 20.6 Å². The van der Waals surface area contributed by atoms with Crippen LogP contribution in [0, 0.1) is 0 Å². The van der Waals surface area contributed by atoms with Crippen LogP contribution in [-0.2, 0) is 6.54 Å². The third-order valence-electron chi connectivity index (χ3n) is 5.07. The van der Waals surface area contributed by atoms with E-state index < -0.39 is 6.16 Å². The first-order valence-electron chi connectivity index (χ1n) is 11.3. The Labute approximate surface area is 224 Å². The molecular formula is C24H45ClNNaO5. The van der Waals surface area contributed by atoms with Crippen molar-refractivity contribution in [2.75, 3.05) is 20.6 Å². The molecule has 1 aromatic carbocycles. The summed E-state index contributed by atoms with van der Waals surface area (Å²) in [5.41, 5.74) is 1.46. The summed E-state index contributed by atoms with van der Waals surface area (Å²) in [5.74, 6) is 0. The second kappa shape index (κ2) is 28.7. The van der Waals surface area contributed by atoms with Crippen molar-refractivity contribution in [2.45, 2.75) is 90.5 Å². The molecule has 0 saturated carbocycles. The Balaban J connectivity index is -0.000000440. The molecular weight excluding hydrogens is 441 g/mol. The van der Waals surface area contributed by atoms with E-state index >= 15 is 0 Å². The standard InChI is InChI=1S/C23H42N.CH2O3.ClH.Na.H2O2/c1-4-5-6-7-8-9-10-11-12-13-14-18-21-24(2,3)22-23-19-16-15-17-20-23;2-1(3)4;;;1-2/h15-17,19-20H,4-14,18,21-22H2,1-3H3;(H2,2,3,4);1H;;1-2H/q+1;;;+1;/p-2. The van der Waals surface area contributed by atoms with Gasteiger partial charge in [-0.2, -0.15) is 0 Å². The smallest absolute Gasteiger partial charge is 1.00 e. The van der Waals surface area contributed by atoms with E-state index in [1.54, 1.807) is 0 Å². The van der Waals surface area contributed by atoms with Gasteiger partial charge in [-0.1, -0.05) is 101 Å². The Morgan fingerprint density at radius 2 is 1.16 bits per heavy atom. The third kappa shape index (κ3) is 31.8. The Bertz CT molecular complexity index is 489. The van der Waals surface area contributed by atoms with Crippen molar-refractivity contribution in [3.05, 3.63) is 35.9 Å². The molecule has 0 aliphatic carbocycles. The maximum Gasteiger partial charge on any atom is 1.00 e. The first-order chi connectivity index (χ1) is 14.4. The zero-order valence-corrected chi connectivity index (χ0v) is 23.5. The molecule has 3 N–H and O–H groups in total. The van der Waals surface area contributed by atoms with Crippen LogP contribution in [0.3, 0.4) is 0 Å². The van der Waals surface area contributed by atoms with E-state index in [-0.39, 0.29) is 42.0 Å². The quantitative estimate of drug-likeness (QED) is 0.106. The zero-order valence-electron chi connectivity index (χ0n) is 20.8. The van der Waals surface area contributed by atoms with Crippen molar-refractivity contribution in [2.24, 2.45) is 0 Å². The Kier molecular flexibility index (Phi) is 34.9. The molecule has 6 nitrogen and oxygen atoms in total. The summed E-state index contributed by atoms with van der Waals surface area (Å²) in [7, 11) is 4.73. The molecule has 1 rings (SSSR count). The fourth-order valence-electron chi connectivity index (χ4n) is 3.54. The van der Waals surface area contributed by atoms with Crippen molar-refractivity contribution < 1.29 is 72.0 Å². The van der Waals surface area contributed by atoms with E-state index in [0.717, 1.165) is 11.0 Å². The van der Waals surface area contributed by atoms with Crippen LogP contribution in [0.1, 0.15) is 89.5 Å². The normalized spacial score (nSPS) is 9.78. The molecule has 0 spiro atoms. The van der Waals surface area contributed by atoms with Gasteiger partial charge >= 0.3 is 29.6 Å². The summed E-state index contributed by atoms with van der Waals surface area (Å²) < 4.78 is 1.11. The zero-order chi connectivity index (χ0) is 23.1. The molecule has 0 saturated heterocycles. The molecule has 8 heteroatoms. The predicted octanol–water partition coefficient (Wildman–Crippen LogP) is -0.123. The van der Waals surface area contributed by atoms with Gasteiger partial charge < -0.3 is 31.9 Å². The molecule has 0 aliphatic heterocycles. The van der Waals surface area contributed by atoms with Crippen LogP contribution in [0.2, 0.25) is 0 Å². The number of carbonyl (C=O) groups is 1. The van der Waals surface area contributed by atoms with Gasteiger partial charge in [-0.05, 0) is 12.8 Å². The number of carboxylic acid groups (broad SMARTS) is 2. The Morgan fingerprint density at radius 1 is 0.812 bits per heavy atom. The minimum atomic E-state index is -2.08. The summed E-state index contributed by atoms with van der Waals surface area (Å²) in [6.45, 7) is 4.74. The van der Waals surface area contributed by atoms with E-state index in [4.69, 9.17) is 25.5 Å². The average molecular weight is 486 g/mol. The van der Waals surface area contributed by atoms with Gasteiger partial charge in [0.25, 0.3) is 0 Å². The second-order valence-corrected chi connectivity index (χ2v) is 8.46. The van der Waals surface area contributed by atoms with Crippen LogP contribution in [0.4, 0.5) is 4.79 Å². The van der Waals surface area contributed by atoms with E-state index in [9.17, 15) is 0 Å². The van der Waals surface area contributed by atoms with Crippen LogP contribution in [-0.4, -0.2) is 46.9 Å².